The van der Waals surface area contributed by atoms with Gasteiger partial charge in [-0.2, -0.15) is 0 Å². The maximum Gasteiger partial charge on any atom is 0.138 e. The Labute approximate surface area is 86.5 Å². The lowest BCUT2D eigenvalue weighted by molar-refractivity contribution is 0.617. The van der Waals surface area contributed by atoms with E-state index in [1.807, 2.05) is 0 Å². The molecule has 0 N–H and O–H groups in total. The second-order valence-corrected chi connectivity index (χ2v) is 3.70. The van der Waals surface area contributed by atoms with Gasteiger partial charge in [-0.1, -0.05) is 11.6 Å². The normalized spacial score (nSPS) is 15.4. The predicted octanol–water partition coefficient (Wildman–Crippen LogP) is 3.96. The molecular formula is C7H5BrClFS. The van der Waals surface area contributed by atoms with Gasteiger partial charge in [0, 0.05) is 9.01 Å². The summed E-state index contributed by atoms with van der Waals surface area (Å²) in [5.74, 6) is -0.527. The molecule has 0 aliphatic heterocycles. The van der Waals surface area contributed by atoms with Crippen LogP contribution in [0.25, 0.3) is 0 Å². The number of rotatable bonds is 1. The highest BCUT2D eigenvalue weighted by Gasteiger charge is 2.04. The van der Waals surface area contributed by atoms with Gasteiger partial charge >= 0.3 is 0 Å². The van der Waals surface area contributed by atoms with Crippen molar-refractivity contribution in [3.63, 3.8) is 0 Å². The fraction of sp³-hybridized carbons (Fsp3) is 0.143. The average Bonchev–Trinajstić information content (AvgIpc) is 1.97. The maximum atomic E-state index is 13.0. The molecule has 0 radical (unpaired) electrons. The zero-order valence-corrected chi connectivity index (χ0v) is 8.36. The van der Waals surface area contributed by atoms with Crippen LogP contribution < -0.4 is 0 Å². The van der Waals surface area contributed by atoms with Crippen LogP contribution in [0.3, 0.4) is 0 Å². The number of benzene rings is 1. The SMILES string of the molecule is [2H]C([2H])([2H])Sc1cc(F)c(Br)cc1Cl. The molecule has 0 aromatic heterocycles. The molecule has 0 fully saturated rings. The van der Waals surface area contributed by atoms with E-state index in [0.29, 0.717) is 11.8 Å². The minimum atomic E-state index is -2.22. The Hall–Kier alpha value is 0.270. The minimum absolute atomic E-state index is 0.215. The van der Waals surface area contributed by atoms with Crippen LogP contribution in [0.5, 0.6) is 0 Å². The summed E-state index contributed by atoms with van der Waals surface area (Å²) in [4.78, 5) is 0.215. The Kier molecular flexibility index (Phi) is 2.01. The summed E-state index contributed by atoms with van der Waals surface area (Å²) in [5.41, 5.74) is 0. The third-order valence-electron chi connectivity index (χ3n) is 1.08. The van der Waals surface area contributed by atoms with Crippen molar-refractivity contribution in [3.8, 4) is 0 Å². The average molecular weight is 259 g/mol. The summed E-state index contributed by atoms with van der Waals surface area (Å²) in [6, 6.07) is 2.44. The summed E-state index contributed by atoms with van der Waals surface area (Å²) >= 11 is 9.25. The maximum absolute atomic E-state index is 13.0. The number of hydrogen-bond donors (Lipinski definition) is 0. The molecule has 0 aliphatic carbocycles. The number of halogens is 3. The fourth-order valence-corrected chi connectivity index (χ4v) is 1.66. The fourth-order valence-electron chi connectivity index (χ4n) is 0.583. The van der Waals surface area contributed by atoms with Crippen molar-refractivity contribution < 1.29 is 8.50 Å². The molecule has 0 aliphatic rings. The monoisotopic (exact) mass is 257 g/mol. The van der Waals surface area contributed by atoms with Crippen LogP contribution in [-0.4, -0.2) is 6.18 Å². The first kappa shape index (κ1) is 5.84. The zero-order chi connectivity index (χ0) is 10.9. The van der Waals surface area contributed by atoms with Crippen LogP contribution in [0, 0.1) is 5.82 Å². The van der Waals surface area contributed by atoms with E-state index in [2.05, 4.69) is 15.9 Å². The molecule has 0 amide bonds. The van der Waals surface area contributed by atoms with Crippen molar-refractivity contribution in [2.75, 3.05) is 6.18 Å². The third kappa shape index (κ3) is 2.10. The molecule has 0 saturated heterocycles. The van der Waals surface area contributed by atoms with Crippen LogP contribution in [0.2, 0.25) is 5.02 Å². The van der Waals surface area contributed by atoms with Gasteiger partial charge in [-0.25, -0.2) is 4.39 Å². The molecule has 0 heterocycles. The van der Waals surface area contributed by atoms with E-state index in [1.54, 1.807) is 0 Å². The van der Waals surface area contributed by atoms with E-state index in [-0.39, 0.29) is 14.4 Å². The molecule has 60 valence electrons. The molecule has 0 unspecified atom stereocenters. The Bertz CT molecular complexity index is 356. The van der Waals surface area contributed by atoms with Gasteiger partial charge in [-0.05, 0) is 34.2 Å². The van der Waals surface area contributed by atoms with Crippen LogP contribution in [-0.2, 0) is 0 Å². The largest absolute Gasteiger partial charge is 0.206 e. The summed E-state index contributed by atoms with van der Waals surface area (Å²) in [5, 5.41) is 0.222. The van der Waals surface area contributed by atoms with Gasteiger partial charge < -0.3 is 0 Å². The van der Waals surface area contributed by atoms with Gasteiger partial charge in [-0.15, -0.1) is 11.8 Å². The van der Waals surface area contributed by atoms with Crippen molar-refractivity contribution in [1.82, 2.24) is 0 Å². The molecule has 0 spiro atoms. The van der Waals surface area contributed by atoms with E-state index in [0.717, 1.165) is 6.07 Å². The molecule has 1 rings (SSSR count). The van der Waals surface area contributed by atoms with E-state index >= 15 is 0 Å². The first-order chi connectivity index (χ1) is 6.29. The third-order valence-corrected chi connectivity index (χ3v) is 2.67. The second kappa shape index (κ2) is 3.78. The topological polar surface area (TPSA) is 0 Å². The van der Waals surface area contributed by atoms with Crippen LogP contribution >= 0.6 is 39.3 Å². The van der Waals surface area contributed by atoms with Crippen LogP contribution in [0.1, 0.15) is 4.11 Å². The lowest BCUT2D eigenvalue weighted by Crippen LogP contribution is -1.80. The molecule has 0 nitrogen and oxygen atoms in total. The highest BCUT2D eigenvalue weighted by molar-refractivity contribution is 9.10. The van der Waals surface area contributed by atoms with Crippen molar-refractivity contribution in [2.24, 2.45) is 0 Å². The molecule has 4 heteroatoms. The highest BCUT2D eigenvalue weighted by atomic mass is 79.9. The quantitative estimate of drug-likeness (QED) is 0.543. The van der Waals surface area contributed by atoms with E-state index in [4.69, 9.17) is 15.7 Å². The first-order valence-corrected chi connectivity index (χ1v) is 4.62. The van der Waals surface area contributed by atoms with Gasteiger partial charge in [0.05, 0.1) is 9.50 Å². The van der Waals surface area contributed by atoms with Gasteiger partial charge in [-0.3, -0.25) is 0 Å². The summed E-state index contributed by atoms with van der Waals surface area (Å²) < 4.78 is 34.2. The van der Waals surface area contributed by atoms with Gasteiger partial charge in [0.15, 0.2) is 0 Å². The Morgan fingerprint density at radius 1 is 1.73 bits per heavy atom. The molecular weight excluding hydrogens is 250 g/mol. The van der Waals surface area contributed by atoms with Gasteiger partial charge in [0.1, 0.15) is 5.82 Å². The lowest BCUT2D eigenvalue weighted by atomic mass is 10.3. The van der Waals surface area contributed by atoms with Crippen molar-refractivity contribution >= 4 is 39.3 Å². The highest BCUT2D eigenvalue weighted by Crippen LogP contribution is 2.30. The van der Waals surface area contributed by atoms with Crippen molar-refractivity contribution in [3.05, 3.63) is 27.4 Å². The molecule has 11 heavy (non-hydrogen) atoms. The van der Waals surface area contributed by atoms with E-state index in [9.17, 15) is 4.39 Å². The first-order valence-electron chi connectivity index (χ1n) is 4.13. The van der Waals surface area contributed by atoms with Crippen molar-refractivity contribution in [1.29, 1.82) is 0 Å². The standard InChI is InChI=1S/C7H5BrClFS/c1-11-7-3-6(10)4(8)2-5(7)9/h2-3H,1H3/i1D3. The van der Waals surface area contributed by atoms with E-state index < -0.39 is 12.0 Å². The molecule has 0 saturated carbocycles. The Morgan fingerprint density at radius 2 is 2.45 bits per heavy atom. The number of hydrogen-bond acceptors (Lipinski definition) is 1. The Morgan fingerprint density at radius 3 is 3.09 bits per heavy atom. The summed E-state index contributed by atoms with van der Waals surface area (Å²) in [6.07, 6.45) is -2.22. The van der Waals surface area contributed by atoms with Crippen LogP contribution in [0.15, 0.2) is 21.5 Å². The molecule has 1 aromatic rings. The smallest absolute Gasteiger partial charge is 0.138 e. The predicted molar refractivity (Wildman–Crippen MR) is 50.9 cm³/mol. The summed E-state index contributed by atoms with van der Waals surface area (Å²) in [7, 11) is 0. The van der Waals surface area contributed by atoms with Crippen LogP contribution in [0.4, 0.5) is 4.39 Å². The molecule has 0 bridgehead atoms. The molecule has 0 atom stereocenters. The second-order valence-electron chi connectivity index (χ2n) is 1.80. The number of thioether (sulfide) groups is 1. The summed E-state index contributed by atoms with van der Waals surface area (Å²) in [6.45, 7) is 0. The van der Waals surface area contributed by atoms with Gasteiger partial charge in [0.25, 0.3) is 0 Å². The van der Waals surface area contributed by atoms with Crippen molar-refractivity contribution in [2.45, 2.75) is 4.90 Å². The van der Waals surface area contributed by atoms with E-state index in [1.165, 1.54) is 6.07 Å². The zero-order valence-electron chi connectivity index (χ0n) is 8.20. The lowest BCUT2D eigenvalue weighted by Gasteiger charge is -2.01. The van der Waals surface area contributed by atoms with Gasteiger partial charge in [0.2, 0.25) is 0 Å². The minimum Gasteiger partial charge on any atom is -0.206 e. The molecule has 1 aromatic carbocycles. The Balaban J connectivity index is 3.04.